The van der Waals surface area contributed by atoms with Gasteiger partial charge in [0.2, 0.25) is 0 Å². The molecule has 0 spiro atoms. The molecule has 0 saturated heterocycles. The SMILES string of the molecule is CCCNC(C=C(C)C)Cc1ccc(Cl)c(Cl)c1. The van der Waals surface area contributed by atoms with E-state index in [1.165, 1.54) is 11.1 Å². The highest BCUT2D eigenvalue weighted by Crippen LogP contribution is 2.23. The van der Waals surface area contributed by atoms with Crippen LogP contribution in [0.3, 0.4) is 0 Å². The quantitative estimate of drug-likeness (QED) is 0.736. The maximum absolute atomic E-state index is 6.04. The van der Waals surface area contributed by atoms with Crippen LogP contribution in [0, 0.1) is 0 Å². The maximum atomic E-state index is 6.04. The van der Waals surface area contributed by atoms with E-state index >= 15 is 0 Å². The van der Waals surface area contributed by atoms with E-state index in [1.54, 1.807) is 0 Å². The van der Waals surface area contributed by atoms with Crippen LogP contribution in [0.2, 0.25) is 10.0 Å². The van der Waals surface area contributed by atoms with Gasteiger partial charge in [-0.15, -0.1) is 0 Å². The second-order valence-electron chi connectivity index (χ2n) is 4.76. The Morgan fingerprint density at radius 3 is 2.56 bits per heavy atom. The summed E-state index contributed by atoms with van der Waals surface area (Å²) in [5.41, 5.74) is 2.53. The monoisotopic (exact) mass is 285 g/mol. The largest absolute Gasteiger partial charge is 0.310 e. The topological polar surface area (TPSA) is 12.0 Å². The van der Waals surface area contributed by atoms with Gasteiger partial charge >= 0.3 is 0 Å². The first-order valence-electron chi connectivity index (χ1n) is 6.35. The average molecular weight is 286 g/mol. The molecule has 1 rings (SSSR count). The molecule has 1 unspecified atom stereocenters. The maximum Gasteiger partial charge on any atom is 0.0595 e. The number of nitrogens with one attached hydrogen (secondary N) is 1. The molecule has 0 fully saturated rings. The Balaban J connectivity index is 2.75. The van der Waals surface area contributed by atoms with Gasteiger partial charge in [-0.3, -0.25) is 0 Å². The molecule has 18 heavy (non-hydrogen) atoms. The van der Waals surface area contributed by atoms with E-state index in [9.17, 15) is 0 Å². The van der Waals surface area contributed by atoms with Crippen molar-refractivity contribution >= 4 is 23.2 Å². The first-order chi connectivity index (χ1) is 8.52. The highest BCUT2D eigenvalue weighted by molar-refractivity contribution is 6.42. The molecule has 1 N–H and O–H groups in total. The van der Waals surface area contributed by atoms with Gasteiger partial charge in [-0.2, -0.15) is 0 Å². The fraction of sp³-hybridized carbons (Fsp3) is 0.467. The lowest BCUT2D eigenvalue weighted by molar-refractivity contribution is 0.582. The van der Waals surface area contributed by atoms with Gasteiger partial charge < -0.3 is 5.32 Å². The average Bonchev–Trinajstić information content (AvgIpc) is 2.30. The molecule has 0 bridgehead atoms. The molecule has 100 valence electrons. The Hall–Kier alpha value is -0.500. The molecule has 0 aromatic heterocycles. The Morgan fingerprint density at radius 1 is 1.28 bits per heavy atom. The van der Waals surface area contributed by atoms with Gasteiger partial charge in [-0.1, -0.05) is 47.8 Å². The van der Waals surface area contributed by atoms with E-state index in [0.717, 1.165) is 19.4 Å². The minimum Gasteiger partial charge on any atom is -0.310 e. The van der Waals surface area contributed by atoms with E-state index in [-0.39, 0.29) is 0 Å². The molecule has 3 heteroatoms. The summed E-state index contributed by atoms with van der Waals surface area (Å²) in [5.74, 6) is 0. The van der Waals surface area contributed by atoms with Crippen LogP contribution in [-0.2, 0) is 6.42 Å². The lowest BCUT2D eigenvalue weighted by Gasteiger charge is -2.16. The van der Waals surface area contributed by atoms with E-state index in [2.05, 4.69) is 32.2 Å². The molecule has 1 aromatic carbocycles. The van der Waals surface area contributed by atoms with Crippen molar-refractivity contribution in [3.05, 3.63) is 45.5 Å². The minimum absolute atomic E-state index is 0.354. The third kappa shape index (κ3) is 5.43. The van der Waals surface area contributed by atoms with Crippen molar-refractivity contribution < 1.29 is 0 Å². The predicted octanol–water partition coefficient (Wildman–Crippen LogP) is 4.87. The molecular formula is C15H21Cl2N. The lowest BCUT2D eigenvalue weighted by atomic mass is 10.0. The highest BCUT2D eigenvalue weighted by atomic mass is 35.5. The van der Waals surface area contributed by atoms with Crippen LogP contribution in [0.15, 0.2) is 29.8 Å². The van der Waals surface area contributed by atoms with E-state index in [0.29, 0.717) is 16.1 Å². The summed E-state index contributed by atoms with van der Waals surface area (Å²) in [5, 5.41) is 4.77. The first kappa shape index (κ1) is 15.6. The molecular weight excluding hydrogens is 265 g/mol. The number of allylic oxidation sites excluding steroid dienone is 1. The molecule has 0 aliphatic carbocycles. The van der Waals surface area contributed by atoms with E-state index in [1.807, 2.05) is 18.2 Å². The van der Waals surface area contributed by atoms with Crippen molar-refractivity contribution in [2.75, 3.05) is 6.54 Å². The third-order valence-corrected chi connectivity index (χ3v) is 3.37. The van der Waals surface area contributed by atoms with Crippen LogP contribution in [0.1, 0.15) is 32.8 Å². The number of rotatable bonds is 6. The molecule has 0 radical (unpaired) electrons. The van der Waals surface area contributed by atoms with E-state index < -0.39 is 0 Å². The van der Waals surface area contributed by atoms with Gasteiger partial charge in [0.25, 0.3) is 0 Å². The van der Waals surface area contributed by atoms with Crippen LogP contribution in [0.5, 0.6) is 0 Å². The molecule has 0 aliphatic heterocycles. The van der Waals surface area contributed by atoms with Crippen molar-refractivity contribution in [1.82, 2.24) is 5.32 Å². The van der Waals surface area contributed by atoms with Gasteiger partial charge in [-0.25, -0.2) is 0 Å². The first-order valence-corrected chi connectivity index (χ1v) is 7.11. The molecule has 1 aromatic rings. The molecule has 1 atom stereocenters. The fourth-order valence-corrected chi connectivity index (χ4v) is 2.16. The van der Waals surface area contributed by atoms with Crippen LogP contribution >= 0.6 is 23.2 Å². The zero-order valence-corrected chi connectivity index (χ0v) is 12.8. The standard InChI is InChI=1S/C15H21Cl2N/c1-4-7-18-13(8-11(2)3)9-12-5-6-14(16)15(17)10-12/h5-6,8,10,13,18H,4,7,9H2,1-3H3. The van der Waals surface area contributed by atoms with Crippen LogP contribution in [0.25, 0.3) is 0 Å². The summed E-state index contributed by atoms with van der Waals surface area (Å²) >= 11 is 12.0. The zero-order valence-electron chi connectivity index (χ0n) is 11.3. The predicted molar refractivity (Wildman–Crippen MR) is 81.7 cm³/mol. The summed E-state index contributed by atoms with van der Waals surface area (Å²) in [6, 6.07) is 6.20. The molecule has 0 saturated carbocycles. The lowest BCUT2D eigenvalue weighted by Crippen LogP contribution is -2.30. The molecule has 1 nitrogen and oxygen atoms in total. The Labute approximate surface area is 120 Å². The number of hydrogen-bond acceptors (Lipinski definition) is 1. The molecule has 0 aliphatic rings. The van der Waals surface area contributed by atoms with Gasteiger partial charge in [0.05, 0.1) is 10.0 Å². The third-order valence-electron chi connectivity index (χ3n) is 2.63. The van der Waals surface area contributed by atoms with Gasteiger partial charge in [0, 0.05) is 6.04 Å². The van der Waals surface area contributed by atoms with Crippen LogP contribution < -0.4 is 5.32 Å². The van der Waals surface area contributed by atoms with E-state index in [4.69, 9.17) is 23.2 Å². The van der Waals surface area contributed by atoms with Gasteiger partial charge in [-0.05, 0) is 50.9 Å². The summed E-state index contributed by atoms with van der Waals surface area (Å²) < 4.78 is 0. The van der Waals surface area contributed by atoms with Gasteiger partial charge in [0.1, 0.15) is 0 Å². The summed E-state index contributed by atoms with van der Waals surface area (Å²) in [4.78, 5) is 0. The Morgan fingerprint density at radius 2 is 2.00 bits per heavy atom. The van der Waals surface area contributed by atoms with Crippen molar-refractivity contribution in [1.29, 1.82) is 0 Å². The highest BCUT2D eigenvalue weighted by Gasteiger charge is 2.07. The molecule has 0 amide bonds. The van der Waals surface area contributed by atoms with Crippen LogP contribution in [-0.4, -0.2) is 12.6 Å². The van der Waals surface area contributed by atoms with Gasteiger partial charge in [0.15, 0.2) is 0 Å². The van der Waals surface area contributed by atoms with Crippen molar-refractivity contribution in [3.63, 3.8) is 0 Å². The summed E-state index contributed by atoms with van der Waals surface area (Å²) in [7, 11) is 0. The summed E-state index contributed by atoms with van der Waals surface area (Å²) in [6.45, 7) is 7.44. The second kappa shape index (κ2) is 7.83. The van der Waals surface area contributed by atoms with Crippen LogP contribution in [0.4, 0.5) is 0 Å². The Bertz CT molecular complexity index is 409. The summed E-state index contributed by atoms with van der Waals surface area (Å²) in [6.07, 6.45) is 4.33. The molecule has 0 heterocycles. The Kier molecular flexibility index (Phi) is 6.77. The van der Waals surface area contributed by atoms with Crippen molar-refractivity contribution in [3.8, 4) is 0 Å². The number of halogens is 2. The second-order valence-corrected chi connectivity index (χ2v) is 5.57. The fourth-order valence-electron chi connectivity index (χ4n) is 1.84. The van der Waals surface area contributed by atoms with Crippen molar-refractivity contribution in [2.24, 2.45) is 0 Å². The zero-order chi connectivity index (χ0) is 13.5. The smallest absolute Gasteiger partial charge is 0.0595 e. The van der Waals surface area contributed by atoms with Crippen molar-refractivity contribution in [2.45, 2.75) is 39.7 Å². The number of benzene rings is 1. The minimum atomic E-state index is 0.354. The normalized spacial score (nSPS) is 12.3. The number of hydrogen-bond donors (Lipinski definition) is 1.